The summed E-state index contributed by atoms with van der Waals surface area (Å²) < 4.78 is 45.7. The minimum absolute atomic E-state index is 0.0728. The van der Waals surface area contributed by atoms with Crippen LogP contribution in [0.5, 0.6) is 23.0 Å². The second kappa shape index (κ2) is 17.0. The Morgan fingerprint density at radius 1 is 0.565 bits per heavy atom. The minimum Gasteiger partial charge on any atom is -0.456 e. The van der Waals surface area contributed by atoms with Crippen LogP contribution in [0.15, 0.2) is 157 Å². The Hall–Kier alpha value is -7.30. The number of ether oxygens (including phenoxy) is 2. The van der Waals surface area contributed by atoms with Gasteiger partial charge in [0.1, 0.15) is 40.7 Å². The van der Waals surface area contributed by atoms with Crippen molar-refractivity contribution in [1.82, 2.24) is 0 Å². The maximum atomic E-state index is 13.9. The van der Waals surface area contributed by atoms with Crippen molar-refractivity contribution in [2.45, 2.75) is 57.3 Å². The van der Waals surface area contributed by atoms with Gasteiger partial charge in [0.15, 0.2) is 5.78 Å². The summed E-state index contributed by atoms with van der Waals surface area (Å²) in [5.41, 5.74) is 7.42. The number of nitriles is 2. The van der Waals surface area contributed by atoms with Gasteiger partial charge in [0.05, 0.1) is 10.5 Å². The summed E-state index contributed by atoms with van der Waals surface area (Å²) in [5.74, 6) is 1.55. The van der Waals surface area contributed by atoms with Crippen LogP contribution in [0.1, 0.15) is 88.1 Å². The number of ketones is 1. The summed E-state index contributed by atoms with van der Waals surface area (Å²) in [5, 5.41) is 20.1. The van der Waals surface area contributed by atoms with Crippen LogP contribution in [-0.2, 0) is 20.9 Å². The molecular weight excluding hydrogens is 793 g/mol. The van der Waals surface area contributed by atoms with Crippen molar-refractivity contribution in [2.24, 2.45) is 0 Å². The van der Waals surface area contributed by atoms with Crippen LogP contribution in [-0.4, -0.2) is 18.8 Å². The molecule has 8 nitrogen and oxygen atoms in total. The van der Waals surface area contributed by atoms with Gasteiger partial charge in [-0.1, -0.05) is 130 Å². The number of carbonyl (C=O) groups excluding carboxylic acids is 1. The third-order valence-corrected chi connectivity index (χ3v) is 12.4. The van der Waals surface area contributed by atoms with E-state index in [0.717, 1.165) is 39.4 Å². The summed E-state index contributed by atoms with van der Waals surface area (Å²) in [4.78, 5) is 13.5. The van der Waals surface area contributed by atoms with E-state index >= 15 is 0 Å². The zero-order valence-electron chi connectivity index (χ0n) is 35.2. The molecule has 1 N–H and O–H groups in total. The Bertz CT molecular complexity index is 3050. The fraction of sp³-hybridized carbons (Fsp3) is 0.151. The highest BCUT2D eigenvalue weighted by molar-refractivity contribution is 7.85. The van der Waals surface area contributed by atoms with E-state index < -0.39 is 20.8 Å². The molecule has 7 aromatic carbocycles. The van der Waals surface area contributed by atoms with Crippen molar-refractivity contribution in [1.29, 1.82) is 10.5 Å². The summed E-state index contributed by atoms with van der Waals surface area (Å²) in [6.45, 7) is 12.5. The third kappa shape index (κ3) is 8.64. The molecule has 0 aliphatic heterocycles. The Labute approximate surface area is 363 Å². The number of nitrogens with zero attached hydrogens (tertiary/aromatic N) is 2. The molecule has 7 rings (SSSR count). The highest BCUT2D eigenvalue weighted by atomic mass is 32.2. The van der Waals surface area contributed by atoms with Crippen LogP contribution in [0.4, 0.5) is 0 Å². The number of hydrogen-bond donors (Lipinski definition) is 1. The van der Waals surface area contributed by atoms with E-state index in [1.807, 2.05) is 68.4 Å². The first kappa shape index (κ1) is 42.8. The second-order valence-corrected chi connectivity index (χ2v) is 17.7. The van der Waals surface area contributed by atoms with Gasteiger partial charge in [0.25, 0.3) is 10.1 Å². The van der Waals surface area contributed by atoms with Crippen molar-refractivity contribution in [3.63, 3.8) is 0 Å². The smallest absolute Gasteiger partial charge is 0.294 e. The van der Waals surface area contributed by atoms with Crippen LogP contribution < -0.4 is 9.47 Å². The topological polar surface area (TPSA) is 137 Å². The monoisotopic (exact) mass is 836 g/mol. The normalized spacial score (nSPS) is 11.6. The first-order valence-electron chi connectivity index (χ1n) is 19.9. The van der Waals surface area contributed by atoms with E-state index in [2.05, 4.69) is 76.2 Å². The lowest BCUT2D eigenvalue weighted by Crippen LogP contribution is -2.22. The van der Waals surface area contributed by atoms with Crippen LogP contribution >= 0.6 is 0 Å². The maximum Gasteiger partial charge on any atom is 0.294 e. The molecule has 0 fully saturated rings. The van der Waals surface area contributed by atoms with Gasteiger partial charge in [0.2, 0.25) is 0 Å². The fourth-order valence-electron chi connectivity index (χ4n) is 7.62. The zero-order chi connectivity index (χ0) is 44.4. The van der Waals surface area contributed by atoms with Gasteiger partial charge in [-0.05, 0) is 102 Å². The molecule has 0 aromatic heterocycles. The molecular formula is C53H44N2O6S. The zero-order valence-corrected chi connectivity index (χ0v) is 36.0. The third-order valence-electron chi connectivity index (χ3n) is 11.5. The lowest BCUT2D eigenvalue weighted by Gasteiger charge is -2.31. The van der Waals surface area contributed by atoms with E-state index in [4.69, 9.17) is 9.47 Å². The SMILES string of the molecule is Cc1ccc(-c2cccc(Oc3ccc(C(C)(C)c4cccc(C(C)(C)c5ccc(Oc6cccc(C)c6C#N)cc5)c4)cc3)c2C#N)c(C(=O)c2cccc(S(=O)(=O)O)c2)c1. The average Bonchev–Trinajstić information content (AvgIpc) is 3.26. The molecule has 0 saturated heterocycles. The van der Waals surface area contributed by atoms with Crippen LogP contribution in [0.3, 0.4) is 0 Å². The van der Waals surface area contributed by atoms with Gasteiger partial charge < -0.3 is 9.47 Å². The quantitative estimate of drug-likeness (QED) is 0.0948. The number of carbonyl (C=O) groups is 1. The highest BCUT2D eigenvalue weighted by Crippen LogP contribution is 2.40. The molecule has 0 atom stereocenters. The molecule has 9 heteroatoms. The van der Waals surface area contributed by atoms with Gasteiger partial charge >= 0.3 is 0 Å². The molecule has 0 amide bonds. The van der Waals surface area contributed by atoms with E-state index in [9.17, 15) is 28.3 Å². The van der Waals surface area contributed by atoms with Crippen molar-refractivity contribution < 1.29 is 27.2 Å². The van der Waals surface area contributed by atoms with Gasteiger partial charge in [0, 0.05) is 27.5 Å². The first-order valence-corrected chi connectivity index (χ1v) is 21.4. The molecule has 0 radical (unpaired) electrons. The maximum absolute atomic E-state index is 13.9. The molecule has 308 valence electrons. The van der Waals surface area contributed by atoms with Crippen LogP contribution in [0, 0.1) is 36.5 Å². The number of rotatable bonds is 12. The lowest BCUT2D eigenvalue weighted by molar-refractivity contribution is 0.103. The summed E-state index contributed by atoms with van der Waals surface area (Å²) in [7, 11) is -4.53. The molecule has 0 saturated carbocycles. The Morgan fingerprint density at radius 2 is 1.08 bits per heavy atom. The Kier molecular flexibility index (Phi) is 11.7. The predicted molar refractivity (Wildman–Crippen MR) is 241 cm³/mol. The standard InChI is InChI=1S/C53H44N2O6S/c1-34-19-28-45(46(29-34)51(56)36-12-8-15-43(30-36)62(57,58)59)44-16-10-18-50(48(44)33-55)61-42-26-22-38(23-27-42)53(5,6)40-14-9-13-39(31-40)52(3,4)37-20-24-41(25-21-37)60-49-17-7-11-35(2)47(49)32-54/h7-31H,1-6H3,(H,57,58,59). The van der Waals surface area contributed by atoms with Crippen LogP contribution in [0.25, 0.3) is 11.1 Å². The molecule has 0 heterocycles. The van der Waals surface area contributed by atoms with Crippen molar-refractivity contribution in [2.75, 3.05) is 0 Å². The van der Waals surface area contributed by atoms with Gasteiger partial charge in [-0.3, -0.25) is 9.35 Å². The van der Waals surface area contributed by atoms with E-state index in [0.29, 0.717) is 39.7 Å². The minimum atomic E-state index is -4.53. The molecule has 0 aliphatic carbocycles. The van der Waals surface area contributed by atoms with Crippen molar-refractivity contribution in [3.05, 3.63) is 207 Å². The number of aryl methyl sites for hydroxylation is 2. The number of benzene rings is 7. The molecule has 0 unspecified atom stereocenters. The van der Waals surface area contributed by atoms with Gasteiger partial charge in [-0.2, -0.15) is 18.9 Å². The van der Waals surface area contributed by atoms with Gasteiger partial charge in [-0.25, -0.2) is 0 Å². The second-order valence-electron chi connectivity index (χ2n) is 16.3. The highest BCUT2D eigenvalue weighted by Gasteiger charge is 2.28. The van der Waals surface area contributed by atoms with E-state index in [1.165, 1.54) is 18.2 Å². The first-order chi connectivity index (χ1) is 29.5. The molecule has 0 bridgehead atoms. The molecule has 0 spiro atoms. The summed E-state index contributed by atoms with van der Waals surface area (Å²) in [6, 6.07) is 50.2. The van der Waals surface area contributed by atoms with E-state index in [-0.39, 0.29) is 27.5 Å². The number of hydrogen-bond acceptors (Lipinski definition) is 7. The van der Waals surface area contributed by atoms with Crippen LogP contribution in [0.2, 0.25) is 0 Å². The van der Waals surface area contributed by atoms with Gasteiger partial charge in [-0.15, -0.1) is 0 Å². The largest absolute Gasteiger partial charge is 0.456 e. The molecule has 7 aromatic rings. The molecule has 0 aliphatic rings. The van der Waals surface area contributed by atoms with Crippen molar-refractivity contribution >= 4 is 15.9 Å². The molecule has 62 heavy (non-hydrogen) atoms. The summed E-state index contributed by atoms with van der Waals surface area (Å²) in [6.07, 6.45) is 0. The Morgan fingerprint density at radius 3 is 1.63 bits per heavy atom. The lowest BCUT2D eigenvalue weighted by atomic mass is 9.73. The van der Waals surface area contributed by atoms with Crippen molar-refractivity contribution in [3.8, 4) is 46.3 Å². The fourth-order valence-corrected chi connectivity index (χ4v) is 8.15. The summed E-state index contributed by atoms with van der Waals surface area (Å²) >= 11 is 0. The Balaban J connectivity index is 1.12. The predicted octanol–water partition coefficient (Wildman–Crippen LogP) is 12.4. The van der Waals surface area contributed by atoms with E-state index in [1.54, 1.807) is 36.4 Å². The average molecular weight is 837 g/mol.